The van der Waals surface area contributed by atoms with Crippen molar-refractivity contribution in [3.8, 4) is 0 Å². The van der Waals surface area contributed by atoms with Gasteiger partial charge in [-0.15, -0.1) is 0 Å². The first-order valence-electron chi connectivity index (χ1n) is 5.25. The second kappa shape index (κ2) is 6.31. The zero-order valence-corrected chi connectivity index (χ0v) is 9.20. The summed E-state index contributed by atoms with van der Waals surface area (Å²) in [5.41, 5.74) is 2.67. The van der Waals surface area contributed by atoms with Crippen LogP contribution in [0.4, 0.5) is 0 Å². The molecule has 1 heterocycles. The summed E-state index contributed by atoms with van der Waals surface area (Å²) >= 11 is 0. The van der Waals surface area contributed by atoms with Crippen LogP contribution >= 0.6 is 0 Å². The van der Waals surface area contributed by atoms with Gasteiger partial charge in [-0.2, -0.15) is 11.4 Å². The van der Waals surface area contributed by atoms with Crippen LogP contribution in [0.25, 0.3) is 0 Å². The van der Waals surface area contributed by atoms with Crippen LogP contribution in [0.2, 0.25) is 0 Å². The van der Waals surface area contributed by atoms with E-state index in [2.05, 4.69) is 34.2 Å². The van der Waals surface area contributed by atoms with E-state index in [1.54, 1.807) is 0 Å². The van der Waals surface area contributed by atoms with Gasteiger partial charge in [0.2, 0.25) is 0 Å². The van der Waals surface area contributed by atoms with Gasteiger partial charge in [0, 0.05) is 38.8 Å². The number of nitrogens with one attached hydrogen (secondary N) is 1. The van der Waals surface area contributed by atoms with E-state index in [1.165, 1.54) is 26.2 Å². The molecular formula is C9H22N4O. The fourth-order valence-corrected chi connectivity index (χ4v) is 1.77. The molecule has 1 rings (SSSR count). The van der Waals surface area contributed by atoms with Crippen molar-refractivity contribution in [1.29, 1.82) is 0 Å². The summed E-state index contributed by atoms with van der Waals surface area (Å²) in [5, 5.41) is 0. The van der Waals surface area contributed by atoms with E-state index in [0.717, 1.165) is 13.0 Å². The molecule has 1 fully saturated rings. The highest BCUT2D eigenvalue weighted by atomic mass is 16.8. The SMILES string of the molecule is CC(CCNON)N1CCN(C)CC1. The summed E-state index contributed by atoms with van der Waals surface area (Å²) in [7, 11) is 2.17. The van der Waals surface area contributed by atoms with Crippen molar-refractivity contribution in [3.63, 3.8) is 0 Å². The number of hydroxylamine groups is 1. The number of nitrogens with zero attached hydrogens (tertiary/aromatic N) is 2. The number of likely N-dealkylation sites (N-methyl/N-ethyl adjacent to an activating group) is 1. The van der Waals surface area contributed by atoms with Gasteiger partial charge < -0.3 is 4.90 Å². The maximum Gasteiger partial charge on any atom is 0.0243 e. The molecule has 0 bridgehead atoms. The van der Waals surface area contributed by atoms with E-state index in [0.29, 0.717) is 6.04 Å². The van der Waals surface area contributed by atoms with E-state index >= 15 is 0 Å². The molecular weight excluding hydrogens is 180 g/mol. The number of hydrogen-bond acceptors (Lipinski definition) is 5. The molecule has 0 aromatic rings. The Morgan fingerprint density at radius 3 is 2.57 bits per heavy atom. The van der Waals surface area contributed by atoms with Crippen LogP contribution in [0.15, 0.2) is 0 Å². The Kier molecular flexibility index (Phi) is 5.36. The fourth-order valence-electron chi connectivity index (χ4n) is 1.77. The van der Waals surface area contributed by atoms with Crippen LogP contribution in [0.1, 0.15) is 13.3 Å². The van der Waals surface area contributed by atoms with Crippen molar-refractivity contribution >= 4 is 0 Å². The summed E-state index contributed by atoms with van der Waals surface area (Å²) in [5.74, 6) is 4.88. The molecule has 1 unspecified atom stereocenters. The van der Waals surface area contributed by atoms with Crippen LogP contribution in [0, 0.1) is 0 Å². The second-order valence-electron chi connectivity index (χ2n) is 3.99. The van der Waals surface area contributed by atoms with Crippen molar-refractivity contribution in [3.05, 3.63) is 0 Å². The van der Waals surface area contributed by atoms with Crippen LogP contribution in [-0.4, -0.2) is 55.6 Å². The molecule has 5 heteroatoms. The van der Waals surface area contributed by atoms with Gasteiger partial charge in [-0.05, 0) is 20.4 Å². The second-order valence-corrected chi connectivity index (χ2v) is 3.99. The molecule has 5 nitrogen and oxygen atoms in total. The van der Waals surface area contributed by atoms with Gasteiger partial charge in [-0.25, -0.2) is 4.94 Å². The van der Waals surface area contributed by atoms with Gasteiger partial charge >= 0.3 is 0 Å². The molecule has 84 valence electrons. The van der Waals surface area contributed by atoms with Crippen LogP contribution in [0.5, 0.6) is 0 Å². The largest absolute Gasteiger partial charge is 0.304 e. The maximum absolute atomic E-state index is 4.88. The quantitative estimate of drug-likeness (QED) is 0.461. The summed E-state index contributed by atoms with van der Waals surface area (Å²) in [6, 6.07) is 0.603. The van der Waals surface area contributed by atoms with E-state index in [1.807, 2.05) is 0 Å². The van der Waals surface area contributed by atoms with E-state index < -0.39 is 0 Å². The molecule has 0 aromatic carbocycles. The molecule has 0 radical (unpaired) electrons. The van der Waals surface area contributed by atoms with Gasteiger partial charge in [0.1, 0.15) is 0 Å². The summed E-state index contributed by atoms with van der Waals surface area (Å²) in [4.78, 5) is 9.20. The third-order valence-electron chi connectivity index (χ3n) is 2.91. The Labute approximate surface area is 86.1 Å². The van der Waals surface area contributed by atoms with Crippen molar-refractivity contribution < 1.29 is 4.94 Å². The third-order valence-corrected chi connectivity index (χ3v) is 2.91. The predicted molar refractivity (Wildman–Crippen MR) is 56.4 cm³/mol. The predicted octanol–water partition coefficient (Wildman–Crippen LogP) is -0.593. The first kappa shape index (κ1) is 11.9. The topological polar surface area (TPSA) is 53.8 Å². The Hall–Kier alpha value is -0.200. The van der Waals surface area contributed by atoms with Crippen molar-refractivity contribution in [1.82, 2.24) is 15.3 Å². The smallest absolute Gasteiger partial charge is 0.0243 e. The minimum absolute atomic E-state index is 0.603. The Morgan fingerprint density at radius 2 is 2.00 bits per heavy atom. The lowest BCUT2D eigenvalue weighted by Gasteiger charge is -2.36. The lowest BCUT2D eigenvalue weighted by molar-refractivity contribution is 0.0327. The molecule has 0 spiro atoms. The molecule has 0 aliphatic carbocycles. The molecule has 14 heavy (non-hydrogen) atoms. The summed E-state index contributed by atoms with van der Waals surface area (Å²) < 4.78 is 0. The standard InChI is InChI=1S/C9H22N4O/c1-9(3-4-11-14-10)13-7-5-12(2)6-8-13/h9,11H,3-8,10H2,1-2H3. The highest BCUT2D eigenvalue weighted by molar-refractivity contribution is 4.74. The van der Waals surface area contributed by atoms with E-state index in [-0.39, 0.29) is 0 Å². The zero-order chi connectivity index (χ0) is 10.4. The molecule has 0 saturated carbocycles. The zero-order valence-electron chi connectivity index (χ0n) is 9.20. The average Bonchev–Trinajstić information content (AvgIpc) is 2.19. The summed E-state index contributed by atoms with van der Waals surface area (Å²) in [6.45, 7) is 7.74. The molecule has 0 amide bonds. The van der Waals surface area contributed by atoms with Gasteiger partial charge in [-0.1, -0.05) is 0 Å². The van der Waals surface area contributed by atoms with Gasteiger partial charge in [0.25, 0.3) is 0 Å². The van der Waals surface area contributed by atoms with Gasteiger partial charge in [0.05, 0.1) is 0 Å². The van der Waals surface area contributed by atoms with Gasteiger partial charge in [0.15, 0.2) is 0 Å². The highest BCUT2D eigenvalue weighted by Crippen LogP contribution is 2.07. The first-order chi connectivity index (χ1) is 6.74. The van der Waals surface area contributed by atoms with Gasteiger partial charge in [-0.3, -0.25) is 4.90 Å². The normalized spacial score (nSPS) is 22.5. The van der Waals surface area contributed by atoms with E-state index in [4.69, 9.17) is 5.90 Å². The number of hydrogen-bond donors (Lipinski definition) is 2. The molecule has 3 N–H and O–H groups in total. The lowest BCUT2D eigenvalue weighted by atomic mass is 10.2. The molecule has 0 aromatic heterocycles. The average molecular weight is 202 g/mol. The Bertz CT molecular complexity index is 148. The molecule has 1 aliphatic rings. The fraction of sp³-hybridized carbons (Fsp3) is 1.00. The number of nitrogens with two attached hydrogens (primary N) is 1. The third kappa shape index (κ3) is 3.89. The lowest BCUT2D eigenvalue weighted by Crippen LogP contribution is -2.48. The minimum Gasteiger partial charge on any atom is -0.304 e. The molecule has 1 saturated heterocycles. The maximum atomic E-state index is 4.88. The Balaban J connectivity index is 2.13. The van der Waals surface area contributed by atoms with Crippen molar-refractivity contribution in [2.45, 2.75) is 19.4 Å². The summed E-state index contributed by atoms with van der Waals surface area (Å²) in [6.07, 6.45) is 1.07. The molecule has 1 atom stereocenters. The minimum atomic E-state index is 0.603. The monoisotopic (exact) mass is 202 g/mol. The van der Waals surface area contributed by atoms with Crippen molar-refractivity contribution in [2.75, 3.05) is 39.8 Å². The molecule has 1 aliphatic heterocycles. The van der Waals surface area contributed by atoms with Crippen LogP contribution in [0.3, 0.4) is 0 Å². The number of rotatable bonds is 5. The van der Waals surface area contributed by atoms with Crippen LogP contribution in [-0.2, 0) is 4.94 Å². The van der Waals surface area contributed by atoms with Crippen LogP contribution < -0.4 is 11.4 Å². The van der Waals surface area contributed by atoms with Crippen molar-refractivity contribution in [2.24, 2.45) is 5.90 Å². The number of piperazine rings is 1. The Morgan fingerprint density at radius 1 is 1.36 bits per heavy atom. The highest BCUT2D eigenvalue weighted by Gasteiger charge is 2.18. The van der Waals surface area contributed by atoms with E-state index in [9.17, 15) is 0 Å². The first-order valence-corrected chi connectivity index (χ1v) is 5.25.